The van der Waals surface area contributed by atoms with Gasteiger partial charge in [0, 0.05) is 6.42 Å². The van der Waals surface area contributed by atoms with Crippen molar-refractivity contribution in [1.82, 2.24) is 5.32 Å². The summed E-state index contributed by atoms with van der Waals surface area (Å²) in [5.41, 5.74) is 0. The number of rotatable bonds is 18. The van der Waals surface area contributed by atoms with Gasteiger partial charge in [-0.2, -0.15) is 0 Å². The zero-order valence-electron chi connectivity index (χ0n) is 17.7. The maximum atomic E-state index is 11.8. The molecule has 9 heteroatoms. The second kappa shape index (κ2) is 18.1. The molecule has 0 heterocycles. The zero-order valence-corrected chi connectivity index (χ0v) is 18.6. The fraction of sp³-hybridized carbons (Fsp3) is 0.619. The van der Waals surface area contributed by atoms with Crippen molar-refractivity contribution in [3.05, 3.63) is 36.5 Å². The van der Waals surface area contributed by atoms with Crippen LogP contribution >= 0.6 is 7.82 Å². The van der Waals surface area contributed by atoms with Crippen LogP contribution in [0.15, 0.2) is 36.5 Å². The van der Waals surface area contributed by atoms with Crippen LogP contribution in [0.3, 0.4) is 0 Å². The van der Waals surface area contributed by atoms with Gasteiger partial charge in [0.25, 0.3) is 0 Å². The van der Waals surface area contributed by atoms with E-state index in [1.807, 2.05) is 0 Å². The van der Waals surface area contributed by atoms with Crippen LogP contribution in [-0.4, -0.2) is 39.4 Å². The molecule has 30 heavy (non-hydrogen) atoms. The number of amides is 1. The molecule has 0 aliphatic carbocycles. The average Bonchev–Trinajstić information content (AvgIpc) is 2.67. The first-order valence-corrected chi connectivity index (χ1v) is 12.0. The monoisotopic (exact) mass is 445 g/mol. The Kier molecular flexibility index (Phi) is 17.0. The molecule has 0 aliphatic rings. The normalized spacial score (nSPS) is 13.4. The molecular formula is C21H36NO7P. The molecule has 4 N–H and O–H groups in total. The van der Waals surface area contributed by atoms with Crippen molar-refractivity contribution in [2.24, 2.45) is 0 Å². The number of allylic oxidation sites excluding steroid dienone is 6. The quantitative estimate of drug-likeness (QED) is 0.141. The number of carbonyl (C=O) groups excluding carboxylic acids is 1. The summed E-state index contributed by atoms with van der Waals surface area (Å²) < 4.78 is 14.8. The standard InChI is InChI=1S/C21H36NO7P/c1-2-3-4-5-6-7-8-9-10-11-12-13-14-15-16-17-20(23)22-19(21(24)25)18-29-30(26,27)28/h3-4,6-7,9-10,19H,2,5,8,11-18H2,1H3,(H,22,23)(H,24,25)(H2,26,27,28)/t19-/m0/s1. The molecule has 0 saturated heterocycles. The van der Waals surface area contributed by atoms with E-state index in [1.165, 1.54) is 0 Å². The van der Waals surface area contributed by atoms with Crippen molar-refractivity contribution in [2.45, 2.75) is 77.2 Å². The third-order valence-electron chi connectivity index (χ3n) is 4.10. The number of hydrogen-bond donors (Lipinski definition) is 4. The number of carboxylic acids is 1. The zero-order chi connectivity index (χ0) is 22.7. The summed E-state index contributed by atoms with van der Waals surface area (Å²) in [6.45, 7) is 1.33. The van der Waals surface area contributed by atoms with Crippen LogP contribution in [0.4, 0.5) is 0 Å². The van der Waals surface area contributed by atoms with Gasteiger partial charge in [-0.05, 0) is 38.5 Å². The van der Waals surface area contributed by atoms with E-state index < -0.39 is 32.3 Å². The molecule has 0 saturated carbocycles. The van der Waals surface area contributed by atoms with Gasteiger partial charge in [-0.1, -0.05) is 62.6 Å². The lowest BCUT2D eigenvalue weighted by Crippen LogP contribution is -2.43. The fourth-order valence-electron chi connectivity index (χ4n) is 2.52. The summed E-state index contributed by atoms with van der Waals surface area (Å²) in [6, 6.07) is -1.49. The molecule has 0 radical (unpaired) electrons. The Balaban J connectivity index is 3.72. The first kappa shape index (κ1) is 28.3. The summed E-state index contributed by atoms with van der Waals surface area (Å²) in [5.74, 6) is -1.88. The SMILES string of the molecule is CCC=CCC=CCC=CCCCCCCCC(=O)N[C@@H](COP(=O)(O)O)C(=O)O. The smallest absolute Gasteiger partial charge is 0.469 e. The molecule has 0 aromatic heterocycles. The lowest BCUT2D eigenvalue weighted by Gasteiger charge is -2.15. The molecule has 172 valence electrons. The van der Waals surface area contributed by atoms with Crippen LogP contribution in [0, 0.1) is 0 Å². The van der Waals surface area contributed by atoms with Crippen molar-refractivity contribution in [1.29, 1.82) is 0 Å². The number of phosphoric ester groups is 1. The number of hydrogen-bond acceptors (Lipinski definition) is 4. The molecule has 0 spiro atoms. The van der Waals surface area contributed by atoms with Crippen molar-refractivity contribution < 1.29 is 33.6 Å². The molecule has 0 aromatic rings. The Morgan fingerprint density at radius 1 is 0.933 bits per heavy atom. The van der Waals surface area contributed by atoms with Crippen molar-refractivity contribution >= 4 is 19.7 Å². The Bertz CT molecular complexity index is 610. The number of carbonyl (C=O) groups is 2. The summed E-state index contributed by atoms with van der Waals surface area (Å²) in [5, 5.41) is 11.2. The minimum absolute atomic E-state index is 0.166. The first-order chi connectivity index (χ1) is 14.3. The molecule has 1 atom stereocenters. The number of nitrogens with one attached hydrogen (secondary N) is 1. The highest BCUT2D eigenvalue weighted by Gasteiger charge is 2.24. The predicted octanol–water partition coefficient (Wildman–Crippen LogP) is 4.25. The van der Waals surface area contributed by atoms with E-state index >= 15 is 0 Å². The second-order valence-corrected chi connectivity index (χ2v) is 8.08. The van der Waals surface area contributed by atoms with E-state index in [9.17, 15) is 14.2 Å². The maximum absolute atomic E-state index is 11.8. The minimum Gasteiger partial charge on any atom is -0.480 e. The second-order valence-electron chi connectivity index (χ2n) is 6.84. The third-order valence-corrected chi connectivity index (χ3v) is 4.58. The summed E-state index contributed by atoms with van der Waals surface area (Å²) in [7, 11) is -4.78. The van der Waals surface area contributed by atoms with Crippen LogP contribution in [0.25, 0.3) is 0 Å². The summed E-state index contributed by atoms with van der Waals surface area (Å²) in [4.78, 5) is 40.0. The lowest BCUT2D eigenvalue weighted by molar-refractivity contribution is -0.142. The highest BCUT2D eigenvalue weighted by molar-refractivity contribution is 7.46. The molecular weight excluding hydrogens is 409 g/mol. The molecule has 0 aliphatic heterocycles. The highest BCUT2D eigenvalue weighted by Crippen LogP contribution is 2.35. The largest absolute Gasteiger partial charge is 0.480 e. The number of unbranched alkanes of at least 4 members (excludes halogenated alkanes) is 5. The Morgan fingerprint density at radius 2 is 1.50 bits per heavy atom. The summed E-state index contributed by atoms with van der Waals surface area (Å²) in [6.07, 6.45) is 21.8. The van der Waals surface area contributed by atoms with Gasteiger partial charge in [-0.15, -0.1) is 0 Å². The van der Waals surface area contributed by atoms with Gasteiger partial charge >= 0.3 is 13.8 Å². The van der Waals surface area contributed by atoms with E-state index in [1.54, 1.807) is 0 Å². The Hall–Kier alpha value is -1.73. The maximum Gasteiger partial charge on any atom is 0.469 e. The Morgan fingerprint density at radius 3 is 2.10 bits per heavy atom. The van der Waals surface area contributed by atoms with Gasteiger partial charge in [0.1, 0.15) is 0 Å². The average molecular weight is 445 g/mol. The van der Waals surface area contributed by atoms with E-state index in [0.717, 1.165) is 51.4 Å². The van der Waals surface area contributed by atoms with E-state index in [4.69, 9.17) is 14.9 Å². The van der Waals surface area contributed by atoms with E-state index in [0.29, 0.717) is 6.42 Å². The molecule has 0 bridgehead atoms. The molecule has 0 aromatic carbocycles. The molecule has 0 rings (SSSR count). The van der Waals surface area contributed by atoms with Gasteiger partial charge in [0.05, 0.1) is 6.61 Å². The van der Waals surface area contributed by atoms with Crippen LogP contribution in [0.2, 0.25) is 0 Å². The third kappa shape index (κ3) is 19.6. The number of aliphatic carboxylic acids is 1. The summed E-state index contributed by atoms with van der Waals surface area (Å²) >= 11 is 0. The van der Waals surface area contributed by atoms with Gasteiger partial charge in [0.2, 0.25) is 5.91 Å². The van der Waals surface area contributed by atoms with Crippen LogP contribution in [-0.2, 0) is 18.7 Å². The Labute approximate surface area is 179 Å². The molecule has 0 unspecified atom stereocenters. The van der Waals surface area contributed by atoms with Crippen LogP contribution in [0.5, 0.6) is 0 Å². The van der Waals surface area contributed by atoms with Crippen molar-refractivity contribution in [3.8, 4) is 0 Å². The minimum atomic E-state index is -4.78. The van der Waals surface area contributed by atoms with Crippen molar-refractivity contribution in [2.75, 3.05) is 6.61 Å². The molecule has 0 fully saturated rings. The number of carboxylic acid groups (broad SMARTS) is 1. The van der Waals surface area contributed by atoms with Crippen LogP contribution < -0.4 is 5.32 Å². The van der Waals surface area contributed by atoms with E-state index in [2.05, 4.69) is 53.2 Å². The first-order valence-electron chi connectivity index (χ1n) is 10.4. The van der Waals surface area contributed by atoms with E-state index in [-0.39, 0.29) is 6.42 Å². The fourth-order valence-corrected chi connectivity index (χ4v) is 2.86. The predicted molar refractivity (Wildman–Crippen MR) is 117 cm³/mol. The topological polar surface area (TPSA) is 133 Å². The number of phosphoric acid groups is 1. The van der Waals surface area contributed by atoms with Gasteiger partial charge in [-0.3, -0.25) is 9.32 Å². The van der Waals surface area contributed by atoms with Gasteiger partial charge in [0.15, 0.2) is 6.04 Å². The molecule has 8 nitrogen and oxygen atoms in total. The van der Waals surface area contributed by atoms with Crippen molar-refractivity contribution in [3.63, 3.8) is 0 Å². The van der Waals surface area contributed by atoms with Gasteiger partial charge < -0.3 is 20.2 Å². The van der Waals surface area contributed by atoms with Gasteiger partial charge in [-0.25, -0.2) is 9.36 Å². The highest BCUT2D eigenvalue weighted by atomic mass is 31.2. The van der Waals surface area contributed by atoms with Crippen LogP contribution in [0.1, 0.15) is 71.1 Å². The lowest BCUT2D eigenvalue weighted by atomic mass is 10.1. The molecule has 1 amide bonds.